The Bertz CT molecular complexity index is 593. The van der Waals surface area contributed by atoms with Gasteiger partial charge in [0.05, 0.1) is 5.88 Å². The summed E-state index contributed by atoms with van der Waals surface area (Å²) in [6, 6.07) is 14.6. The van der Waals surface area contributed by atoms with E-state index in [0.717, 1.165) is 5.75 Å². The highest BCUT2D eigenvalue weighted by atomic mass is 32.2. The first-order valence-corrected chi connectivity index (χ1v) is 7.52. The van der Waals surface area contributed by atoms with Gasteiger partial charge in [-0.25, -0.2) is 4.79 Å². The van der Waals surface area contributed by atoms with Crippen LogP contribution in [0.15, 0.2) is 55.1 Å². The van der Waals surface area contributed by atoms with E-state index < -0.39 is 6.09 Å². The molecule has 0 radical (unpaired) electrons. The molecular weight excluding hydrogens is 270 g/mol. The van der Waals surface area contributed by atoms with Gasteiger partial charge in [-0.05, 0) is 16.3 Å². The molecule has 2 rings (SSSR count). The van der Waals surface area contributed by atoms with Crippen LogP contribution in [0.1, 0.15) is 5.56 Å². The van der Waals surface area contributed by atoms with Crippen molar-refractivity contribution in [1.82, 2.24) is 5.32 Å². The molecule has 0 unspecified atom stereocenters. The molecular formula is C16H17NO2S. The highest BCUT2D eigenvalue weighted by Crippen LogP contribution is 2.22. The molecule has 0 heterocycles. The van der Waals surface area contributed by atoms with Crippen molar-refractivity contribution in [3.05, 3.63) is 60.7 Å². The largest absolute Gasteiger partial charge is 0.445 e. The summed E-state index contributed by atoms with van der Waals surface area (Å²) < 4.78 is 4.83. The Morgan fingerprint density at radius 2 is 2.05 bits per heavy atom. The molecule has 1 N–H and O–H groups in total. The van der Waals surface area contributed by atoms with E-state index in [2.05, 4.69) is 42.2 Å². The Kier molecular flexibility index (Phi) is 5.50. The van der Waals surface area contributed by atoms with Gasteiger partial charge in [0.25, 0.3) is 0 Å². The van der Waals surface area contributed by atoms with Gasteiger partial charge in [0.1, 0.15) is 6.61 Å². The third-order valence-corrected chi connectivity index (χ3v) is 3.65. The third-order valence-electron chi connectivity index (χ3n) is 2.79. The average molecular weight is 287 g/mol. The van der Waals surface area contributed by atoms with Crippen LogP contribution in [0.5, 0.6) is 0 Å². The lowest BCUT2D eigenvalue weighted by Crippen LogP contribution is -2.23. The lowest BCUT2D eigenvalue weighted by molar-refractivity contribution is 0.160. The molecule has 20 heavy (non-hydrogen) atoms. The number of carbonyl (C=O) groups is 1. The Morgan fingerprint density at radius 3 is 2.90 bits per heavy atom. The van der Waals surface area contributed by atoms with Gasteiger partial charge in [-0.1, -0.05) is 55.1 Å². The van der Waals surface area contributed by atoms with Gasteiger partial charge in [0, 0.05) is 5.75 Å². The summed E-state index contributed by atoms with van der Waals surface area (Å²) in [5.41, 5.74) is 1.27. The van der Waals surface area contributed by atoms with E-state index >= 15 is 0 Å². The van der Waals surface area contributed by atoms with Gasteiger partial charge in [-0.15, -0.1) is 11.8 Å². The fourth-order valence-electron chi connectivity index (χ4n) is 1.87. The predicted molar refractivity (Wildman–Crippen MR) is 84.8 cm³/mol. The lowest BCUT2D eigenvalue weighted by atomic mass is 10.1. The van der Waals surface area contributed by atoms with Crippen molar-refractivity contribution in [2.75, 3.05) is 12.5 Å². The maximum atomic E-state index is 11.2. The molecule has 0 bridgehead atoms. The topological polar surface area (TPSA) is 38.3 Å². The summed E-state index contributed by atoms with van der Waals surface area (Å²) in [6.45, 7) is 3.72. The van der Waals surface area contributed by atoms with E-state index in [9.17, 15) is 4.79 Å². The molecule has 0 aliphatic heterocycles. The number of carbonyl (C=O) groups excluding carboxylic acids is 1. The van der Waals surface area contributed by atoms with Crippen LogP contribution in [0.2, 0.25) is 0 Å². The Balaban J connectivity index is 1.84. The lowest BCUT2D eigenvalue weighted by Gasteiger charge is -2.07. The van der Waals surface area contributed by atoms with Crippen molar-refractivity contribution in [3.8, 4) is 0 Å². The number of ether oxygens (including phenoxy) is 1. The Morgan fingerprint density at radius 1 is 1.25 bits per heavy atom. The fraction of sp³-hybridized carbons (Fsp3) is 0.188. The highest BCUT2D eigenvalue weighted by Gasteiger charge is 2.02. The Labute approximate surface area is 123 Å². The molecule has 0 aliphatic rings. The fourth-order valence-corrected chi connectivity index (χ4v) is 2.67. The van der Waals surface area contributed by atoms with Crippen molar-refractivity contribution >= 4 is 28.6 Å². The maximum Gasteiger partial charge on any atom is 0.408 e. The molecule has 0 spiro atoms. The normalized spacial score (nSPS) is 10.2. The van der Waals surface area contributed by atoms with Crippen LogP contribution in [0.3, 0.4) is 0 Å². The standard InChI is InChI=1S/C16H17NO2S/c1-2-10-19-16(18)17-12-20-11-14-8-5-7-13-6-3-4-9-15(13)14/h2-9H,1,10-12H2,(H,17,18). The summed E-state index contributed by atoms with van der Waals surface area (Å²) in [5.74, 6) is 1.38. The summed E-state index contributed by atoms with van der Waals surface area (Å²) in [7, 11) is 0. The SMILES string of the molecule is C=CCOC(=O)NCSCc1cccc2ccccc12. The highest BCUT2D eigenvalue weighted by molar-refractivity contribution is 7.98. The molecule has 0 aliphatic carbocycles. The number of hydrogen-bond donors (Lipinski definition) is 1. The number of nitrogens with one attached hydrogen (secondary N) is 1. The van der Waals surface area contributed by atoms with Crippen LogP contribution >= 0.6 is 11.8 Å². The number of thioether (sulfide) groups is 1. The zero-order chi connectivity index (χ0) is 14.2. The van der Waals surface area contributed by atoms with Crippen molar-refractivity contribution in [2.45, 2.75) is 5.75 Å². The van der Waals surface area contributed by atoms with Crippen molar-refractivity contribution in [1.29, 1.82) is 0 Å². The first-order chi connectivity index (χ1) is 9.81. The molecule has 0 saturated heterocycles. The third kappa shape index (κ3) is 4.03. The molecule has 0 fully saturated rings. The zero-order valence-electron chi connectivity index (χ0n) is 11.2. The molecule has 1 amide bonds. The molecule has 0 saturated carbocycles. The van der Waals surface area contributed by atoms with Gasteiger partial charge in [0.15, 0.2) is 0 Å². The van der Waals surface area contributed by atoms with Crippen LogP contribution in [-0.2, 0) is 10.5 Å². The number of hydrogen-bond acceptors (Lipinski definition) is 3. The maximum absolute atomic E-state index is 11.2. The molecule has 0 atom stereocenters. The number of amides is 1. The predicted octanol–water partition coefficient (Wildman–Crippen LogP) is 3.94. The number of fused-ring (bicyclic) bond motifs is 1. The van der Waals surface area contributed by atoms with E-state index in [1.54, 1.807) is 17.8 Å². The monoisotopic (exact) mass is 287 g/mol. The van der Waals surface area contributed by atoms with E-state index in [1.807, 2.05) is 12.1 Å². The van der Waals surface area contributed by atoms with E-state index in [4.69, 9.17) is 4.74 Å². The molecule has 3 nitrogen and oxygen atoms in total. The number of alkyl carbamates (subject to hydrolysis) is 1. The van der Waals surface area contributed by atoms with Crippen molar-refractivity contribution in [3.63, 3.8) is 0 Å². The summed E-state index contributed by atoms with van der Waals surface area (Å²) in [5, 5.41) is 5.19. The van der Waals surface area contributed by atoms with Gasteiger partial charge >= 0.3 is 6.09 Å². The second-order valence-electron chi connectivity index (χ2n) is 4.19. The minimum Gasteiger partial charge on any atom is -0.445 e. The molecule has 0 aromatic heterocycles. The minimum atomic E-state index is -0.407. The van der Waals surface area contributed by atoms with E-state index in [-0.39, 0.29) is 6.61 Å². The molecule has 2 aromatic rings. The van der Waals surface area contributed by atoms with Crippen LogP contribution < -0.4 is 5.32 Å². The second-order valence-corrected chi connectivity index (χ2v) is 5.18. The van der Waals surface area contributed by atoms with Crippen molar-refractivity contribution in [2.24, 2.45) is 0 Å². The van der Waals surface area contributed by atoms with E-state index in [0.29, 0.717) is 5.88 Å². The smallest absolute Gasteiger partial charge is 0.408 e. The Hall–Kier alpha value is -1.94. The average Bonchev–Trinajstić information content (AvgIpc) is 2.49. The first-order valence-electron chi connectivity index (χ1n) is 6.37. The van der Waals surface area contributed by atoms with Gasteiger partial charge in [0.2, 0.25) is 0 Å². The van der Waals surface area contributed by atoms with Gasteiger partial charge in [-0.3, -0.25) is 0 Å². The van der Waals surface area contributed by atoms with Crippen LogP contribution in [-0.4, -0.2) is 18.6 Å². The van der Waals surface area contributed by atoms with Crippen LogP contribution in [0, 0.1) is 0 Å². The molecule has 2 aromatic carbocycles. The summed E-state index contributed by atoms with van der Waals surface area (Å²) in [4.78, 5) is 11.2. The zero-order valence-corrected chi connectivity index (χ0v) is 12.0. The minimum absolute atomic E-state index is 0.236. The van der Waals surface area contributed by atoms with Crippen LogP contribution in [0.4, 0.5) is 4.79 Å². The number of benzene rings is 2. The molecule has 104 valence electrons. The van der Waals surface area contributed by atoms with Crippen molar-refractivity contribution < 1.29 is 9.53 Å². The quantitative estimate of drug-likeness (QED) is 0.497. The number of rotatable bonds is 6. The van der Waals surface area contributed by atoms with E-state index in [1.165, 1.54) is 16.3 Å². The first kappa shape index (κ1) is 14.5. The van der Waals surface area contributed by atoms with Crippen LogP contribution in [0.25, 0.3) is 10.8 Å². The molecule has 4 heteroatoms. The van der Waals surface area contributed by atoms with Gasteiger partial charge < -0.3 is 10.1 Å². The summed E-state index contributed by atoms with van der Waals surface area (Å²) in [6.07, 6.45) is 1.14. The van der Waals surface area contributed by atoms with Gasteiger partial charge in [-0.2, -0.15) is 0 Å². The second kappa shape index (κ2) is 7.60. The summed E-state index contributed by atoms with van der Waals surface area (Å²) >= 11 is 1.65.